The number of aromatic nitrogens is 3. The lowest BCUT2D eigenvalue weighted by Gasteiger charge is -2.40. The van der Waals surface area contributed by atoms with Gasteiger partial charge in [-0.1, -0.05) is 0 Å². The summed E-state index contributed by atoms with van der Waals surface area (Å²) in [5.74, 6) is 1.92. The van der Waals surface area contributed by atoms with Crippen molar-refractivity contribution in [1.29, 1.82) is 0 Å². The van der Waals surface area contributed by atoms with E-state index in [0.29, 0.717) is 6.04 Å². The number of nitrogens with zero attached hydrogens (tertiary/aromatic N) is 5. The number of morpholine rings is 1. The lowest BCUT2D eigenvalue weighted by atomic mass is 9.89. The zero-order valence-electron chi connectivity index (χ0n) is 13.9. The Morgan fingerprint density at radius 3 is 2.64 bits per heavy atom. The van der Waals surface area contributed by atoms with Gasteiger partial charge in [-0.25, -0.2) is 9.67 Å². The van der Waals surface area contributed by atoms with Crippen LogP contribution in [0.4, 0.5) is 0 Å². The van der Waals surface area contributed by atoms with Crippen LogP contribution in [0.1, 0.15) is 32.5 Å². The molecule has 2 aliphatic heterocycles. The molecule has 3 rings (SSSR count). The minimum atomic E-state index is 0.686. The molecule has 2 saturated heterocycles. The summed E-state index contributed by atoms with van der Waals surface area (Å²) in [6, 6.07) is 0.686. The number of rotatable bonds is 5. The van der Waals surface area contributed by atoms with Gasteiger partial charge in [-0.15, -0.1) is 0 Å². The lowest BCUT2D eigenvalue weighted by molar-refractivity contribution is -0.00210. The highest BCUT2D eigenvalue weighted by Crippen LogP contribution is 2.25. The molecular weight excluding hydrogens is 278 g/mol. The molecule has 1 aromatic heterocycles. The first kappa shape index (κ1) is 15.9. The van der Waals surface area contributed by atoms with Crippen molar-refractivity contribution in [2.24, 2.45) is 5.92 Å². The molecule has 0 radical (unpaired) electrons. The second-order valence-corrected chi connectivity index (χ2v) is 6.49. The summed E-state index contributed by atoms with van der Waals surface area (Å²) in [6.07, 6.45) is 4.25. The fraction of sp³-hybridized carbons (Fsp3) is 0.875. The van der Waals surface area contributed by atoms with Crippen LogP contribution in [0.5, 0.6) is 0 Å². The molecule has 0 bridgehead atoms. The van der Waals surface area contributed by atoms with E-state index in [9.17, 15) is 0 Å². The number of piperidine rings is 1. The molecule has 2 aliphatic rings. The van der Waals surface area contributed by atoms with Crippen molar-refractivity contribution in [3.63, 3.8) is 0 Å². The highest BCUT2D eigenvalue weighted by Gasteiger charge is 2.28. The van der Waals surface area contributed by atoms with Gasteiger partial charge in [0.25, 0.3) is 0 Å². The van der Waals surface area contributed by atoms with Crippen molar-refractivity contribution >= 4 is 0 Å². The largest absolute Gasteiger partial charge is 0.379 e. The van der Waals surface area contributed by atoms with Gasteiger partial charge in [0.15, 0.2) is 0 Å². The molecule has 0 aliphatic carbocycles. The second kappa shape index (κ2) is 7.53. The summed E-state index contributed by atoms with van der Waals surface area (Å²) in [4.78, 5) is 9.53. The van der Waals surface area contributed by atoms with Crippen LogP contribution in [0, 0.1) is 5.92 Å². The molecule has 3 heterocycles. The van der Waals surface area contributed by atoms with Gasteiger partial charge < -0.3 is 4.74 Å². The van der Waals surface area contributed by atoms with Crippen molar-refractivity contribution in [1.82, 2.24) is 24.6 Å². The third-order valence-electron chi connectivity index (χ3n) is 5.30. The predicted molar refractivity (Wildman–Crippen MR) is 85.6 cm³/mol. The first-order valence-electron chi connectivity index (χ1n) is 8.68. The van der Waals surface area contributed by atoms with E-state index in [4.69, 9.17) is 4.74 Å². The first-order chi connectivity index (χ1) is 10.8. The van der Waals surface area contributed by atoms with Gasteiger partial charge in [-0.2, -0.15) is 5.10 Å². The summed E-state index contributed by atoms with van der Waals surface area (Å²) in [7, 11) is 0. The van der Waals surface area contributed by atoms with E-state index in [0.717, 1.165) is 51.1 Å². The smallest absolute Gasteiger partial charge is 0.140 e. The topological polar surface area (TPSA) is 46.4 Å². The summed E-state index contributed by atoms with van der Waals surface area (Å²) < 4.78 is 7.47. The van der Waals surface area contributed by atoms with Crippen LogP contribution in [0.2, 0.25) is 0 Å². The Morgan fingerprint density at radius 1 is 1.23 bits per heavy atom. The maximum Gasteiger partial charge on any atom is 0.140 e. The van der Waals surface area contributed by atoms with Crippen molar-refractivity contribution < 1.29 is 4.74 Å². The molecule has 0 aromatic carbocycles. The number of ether oxygens (including phenoxy) is 1. The van der Waals surface area contributed by atoms with E-state index < -0.39 is 0 Å². The molecule has 1 atom stereocenters. The summed E-state index contributed by atoms with van der Waals surface area (Å²) >= 11 is 0. The van der Waals surface area contributed by atoms with E-state index in [2.05, 4.69) is 33.7 Å². The van der Waals surface area contributed by atoms with Crippen LogP contribution < -0.4 is 0 Å². The van der Waals surface area contributed by atoms with Crippen LogP contribution in [0.25, 0.3) is 0 Å². The fourth-order valence-corrected chi connectivity index (χ4v) is 3.75. The van der Waals surface area contributed by atoms with Crippen LogP contribution in [0.15, 0.2) is 6.33 Å². The molecule has 2 fully saturated rings. The van der Waals surface area contributed by atoms with Crippen molar-refractivity contribution in [3.8, 4) is 0 Å². The van der Waals surface area contributed by atoms with Crippen LogP contribution in [0.3, 0.4) is 0 Å². The highest BCUT2D eigenvalue weighted by molar-refractivity contribution is 4.88. The quantitative estimate of drug-likeness (QED) is 0.819. The van der Waals surface area contributed by atoms with E-state index in [-0.39, 0.29) is 0 Å². The van der Waals surface area contributed by atoms with Crippen molar-refractivity contribution in [2.75, 3.05) is 39.4 Å². The fourth-order valence-electron chi connectivity index (χ4n) is 3.75. The molecule has 0 spiro atoms. The number of hydrogen-bond donors (Lipinski definition) is 0. The van der Waals surface area contributed by atoms with Crippen LogP contribution in [-0.2, 0) is 17.8 Å². The number of hydrogen-bond acceptors (Lipinski definition) is 5. The maximum absolute atomic E-state index is 5.47. The molecule has 6 nitrogen and oxygen atoms in total. The summed E-state index contributed by atoms with van der Waals surface area (Å²) in [5.41, 5.74) is 0. The second-order valence-electron chi connectivity index (χ2n) is 6.49. The molecule has 1 aromatic rings. The Hall–Kier alpha value is -0.980. The predicted octanol–water partition coefficient (Wildman–Crippen LogP) is 1.23. The third kappa shape index (κ3) is 3.67. The zero-order chi connectivity index (χ0) is 15.4. The molecule has 0 N–H and O–H groups in total. The zero-order valence-corrected chi connectivity index (χ0v) is 13.9. The molecule has 0 saturated carbocycles. The van der Waals surface area contributed by atoms with Gasteiger partial charge in [-0.3, -0.25) is 9.80 Å². The van der Waals surface area contributed by atoms with Gasteiger partial charge in [0.2, 0.25) is 0 Å². The van der Waals surface area contributed by atoms with Gasteiger partial charge in [0, 0.05) is 25.7 Å². The Labute approximate surface area is 133 Å². The monoisotopic (exact) mass is 307 g/mol. The van der Waals surface area contributed by atoms with Gasteiger partial charge in [0.1, 0.15) is 12.2 Å². The molecule has 6 heteroatoms. The molecule has 0 unspecified atom stereocenters. The molecule has 22 heavy (non-hydrogen) atoms. The Bertz CT molecular complexity index is 449. The van der Waals surface area contributed by atoms with E-state index in [1.54, 1.807) is 6.33 Å². The maximum atomic E-state index is 5.47. The number of aryl methyl sites for hydroxylation is 1. The van der Waals surface area contributed by atoms with Crippen molar-refractivity contribution in [2.45, 2.75) is 45.8 Å². The van der Waals surface area contributed by atoms with Gasteiger partial charge in [-0.05, 0) is 45.7 Å². The SMILES string of the molecule is CCn1ncnc1CN1CCC([C@@H](C)N2CCOCC2)CC1. The third-order valence-corrected chi connectivity index (χ3v) is 5.30. The lowest BCUT2D eigenvalue weighted by Crippen LogP contribution is -2.48. The minimum Gasteiger partial charge on any atom is -0.379 e. The minimum absolute atomic E-state index is 0.686. The Morgan fingerprint density at radius 2 is 1.95 bits per heavy atom. The summed E-state index contributed by atoms with van der Waals surface area (Å²) in [6.45, 7) is 12.7. The Balaban J connectivity index is 1.47. The average molecular weight is 307 g/mol. The highest BCUT2D eigenvalue weighted by atomic mass is 16.5. The van der Waals surface area contributed by atoms with Gasteiger partial charge in [0.05, 0.1) is 19.8 Å². The molecule has 0 amide bonds. The van der Waals surface area contributed by atoms with Crippen molar-refractivity contribution in [3.05, 3.63) is 12.2 Å². The molecular formula is C16H29N5O. The normalized spacial score (nSPS) is 23.7. The Kier molecular flexibility index (Phi) is 5.44. The van der Waals surface area contributed by atoms with Gasteiger partial charge >= 0.3 is 0 Å². The molecule has 124 valence electrons. The number of likely N-dealkylation sites (tertiary alicyclic amines) is 1. The van der Waals surface area contributed by atoms with E-state index >= 15 is 0 Å². The standard InChI is InChI=1S/C16H29N5O/c1-3-21-16(17-13-18-21)12-19-6-4-15(5-7-19)14(2)20-8-10-22-11-9-20/h13-15H,3-12H2,1-2H3/t14-/m1/s1. The van der Waals surface area contributed by atoms with E-state index in [1.807, 2.05) is 4.68 Å². The van der Waals surface area contributed by atoms with Crippen LogP contribution >= 0.6 is 0 Å². The summed E-state index contributed by atoms with van der Waals surface area (Å²) in [5, 5.41) is 4.26. The average Bonchev–Trinajstić information content (AvgIpc) is 3.03. The van der Waals surface area contributed by atoms with E-state index in [1.165, 1.54) is 25.9 Å². The first-order valence-corrected chi connectivity index (χ1v) is 8.68. The van der Waals surface area contributed by atoms with Crippen LogP contribution in [-0.4, -0.2) is 70.0 Å².